The highest BCUT2D eigenvalue weighted by atomic mass is 16.1. The third kappa shape index (κ3) is 6.64. The Kier molecular flexibility index (Phi) is 7.09. The van der Waals surface area contributed by atoms with Crippen molar-refractivity contribution in [2.45, 2.75) is 52.9 Å². The second-order valence-electron chi connectivity index (χ2n) is 3.88. The highest BCUT2D eigenvalue weighted by Gasteiger charge is 2.01. The quantitative estimate of drug-likeness (QED) is 0.441. The molecule has 0 radical (unpaired) electrons. The minimum Gasteiger partial charge on any atom is -0.295 e. The molecule has 0 aromatic carbocycles. The first-order chi connectivity index (χ1) is 6.57. The van der Waals surface area contributed by atoms with Gasteiger partial charge >= 0.3 is 0 Å². The molecule has 0 aliphatic heterocycles. The lowest BCUT2D eigenvalue weighted by Crippen LogP contribution is -1.96. The van der Waals surface area contributed by atoms with Crippen molar-refractivity contribution in [2.75, 3.05) is 0 Å². The van der Waals surface area contributed by atoms with Gasteiger partial charge in [0.05, 0.1) is 0 Å². The Morgan fingerprint density at radius 2 is 1.93 bits per heavy atom. The normalized spacial score (nSPS) is 11.5. The van der Waals surface area contributed by atoms with Crippen molar-refractivity contribution in [3.63, 3.8) is 0 Å². The number of hydrogen-bond acceptors (Lipinski definition) is 1. The summed E-state index contributed by atoms with van der Waals surface area (Å²) < 4.78 is 0. The summed E-state index contributed by atoms with van der Waals surface area (Å²) in [6.07, 6.45) is 7.20. The van der Waals surface area contributed by atoms with Crippen molar-refractivity contribution in [2.24, 2.45) is 0 Å². The third-order valence-electron chi connectivity index (χ3n) is 2.21. The van der Waals surface area contributed by atoms with Crippen LogP contribution in [0.2, 0.25) is 0 Å². The summed E-state index contributed by atoms with van der Waals surface area (Å²) in [5.41, 5.74) is 2.17. The summed E-state index contributed by atoms with van der Waals surface area (Å²) in [5, 5.41) is 0. The fourth-order valence-corrected chi connectivity index (χ4v) is 1.28. The van der Waals surface area contributed by atoms with Gasteiger partial charge in [-0.05, 0) is 45.1 Å². The lowest BCUT2D eigenvalue weighted by atomic mass is 10.0. The van der Waals surface area contributed by atoms with Gasteiger partial charge in [-0.15, -0.1) is 6.58 Å². The van der Waals surface area contributed by atoms with Gasteiger partial charge in [0.15, 0.2) is 5.78 Å². The number of carbonyl (C=O) groups excluding carboxylic acids is 1. The van der Waals surface area contributed by atoms with Crippen LogP contribution in [0.1, 0.15) is 52.9 Å². The summed E-state index contributed by atoms with van der Waals surface area (Å²) in [5.74, 6) is 0.222. The third-order valence-corrected chi connectivity index (χ3v) is 2.21. The molecule has 0 saturated heterocycles. The molecule has 0 heterocycles. The van der Waals surface area contributed by atoms with Crippen LogP contribution in [0.5, 0.6) is 0 Å². The highest BCUT2D eigenvalue weighted by molar-refractivity contribution is 5.93. The first-order valence-corrected chi connectivity index (χ1v) is 5.42. The second kappa shape index (κ2) is 7.54. The van der Waals surface area contributed by atoms with Crippen LogP contribution in [-0.4, -0.2) is 5.78 Å². The van der Waals surface area contributed by atoms with E-state index < -0.39 is 0 Å². The summed E-state index contributed by atoms with van der Waals surface area (Å²) in [7, 11) is 0. The molecule has 0 fully saturated rings. The summed E-state index contributed by atoms with van der Waals surface area (Å²) in [6, 6.07) is 0. The van der Waals surface area contributed by atoms with Gasteiger partial charge in [-0.25, -0.2) is 0 Å². The van der Waals surface area contributed by atoms with Gasteiger partial charge in [0.2, 0.25) is 0 Å². The molecule has 14 heavy (non-hydrogen) atoms. The van der Waals surface area contributed by atoms with Crippen LogP contribution in [0, 0.1) is 0 Å². The van der Waals surface area contributed by atoms with Gasteiger partial charge in [-0.1, -0.05) is 25.0 Å². The lowest BCUT2D eigenvalue weighted by Gasteiger charge is -2.02. The molecular formula is C13H22O. The van der Waals surface area contributed by atoms with E-state index in [0.29, 0.717) is 0 Å². The number of unbranched alkanes of at least 4 members (excludes halogenated alkanes) is 1. The molecule has 0 aromatic heterocycles. The molecule has 1 nitrogen and oxygen atoms in total. The van der Waals surface area contributed by atoms with Gasteiger partial charge in [-0.2, -0.15) is 0 Å². The zero-order chi connectivity index (χ0) is 11.0. The van der Waals surface area contributed by atoms with E-state index in [9.17, 15) is 4.79 Å². The molecule has 0 spiro atoms. The van der Waals surface area contributed by atoms with Crippen molar-refractivity contribution in [1.29, 1.82) is 0 Å². The first kappa shape index (κ1) is 13.2. The molecular weight excluding hydrogens is 172 g/mol. The molecule has 0 rings (SSSR count). The van der Waals surface area contributed by atoms with E-state index in [-0.39, 0.29) is 5.78 Å². The molecule has 1 heteroatoms. The topological polar surface area (TPSA) is 17.1 Å². The molecule has 0 unspecified atom stereocenters. The Morgan fingerprint density at radius 1 is 1.29 bits per heavy atom. The minimum absolute atomic E-state index is 0.222. The van der Waals surface area contributed by atoms with Crippen molar-refractivity contribution in [3.05, 3.63) is 23.8 Å². The number of hydrogen-bond donors (Lipinski definition) is 0. The smallest absolute Gasteiger partial charge is 0.155 e. The Bertz CT molecular complexity index is 223. The minimum atomic E-state index is 0.222. The largest absolute Gasteiger partial charge is 0.295 e. The molecule has 0 aromatic rings. The van der Waals surface area contributed by atoms with Crippen molar-refractivity contribution in [1.82, 2.24) is 0 Å². The van der Waals surface area contributed by atoms with Gasteiger partial charge in [-0.3, -0.25) is 4.79 Å². The van der Waals surface area contributed by atoms with Gasteiger partial charge in [0.25, 0.3) is 0 Å². The monoisotopic (exact) mass is 194 g/mol. The number of rotatable bonds is 7. The zero-order valence-corrected chi connectivity index (χ0v) is 9.73. The molecule has 0 aliphatic carbocycles. The fraction of sp³-hybridized carbons (Fsp3) is 0.615. The fourth-order valence-electron chi connectivity index (χ4n) is 1.28. The SMILES string of the molecule is C=C(C)CCC=C(CCCC)C(C)=O. The molecule has 0 bridgehead atoms. The number of Topliss-reactive ketones (excluding diaryl/α,β-unsaturated/α-hetero) is 1. The maximum atomic E-state index is 11.2. The van der Waals surface area contributed by atoms with E-state index in [0.717, 1.165) is 37.7 Å². The molecule has 0 amide bonds. The van der Waals surface area contributed by atoms with E-state index >= 15 is 0 Å². The van der Waals surface area contributed by atoms with Crippen molar-refractivity contribution < 1.29 is 4.79 Å². The number of ketones is 1. The van der Waals surface area contributed by atoms with Crippen LogP contribution in [0.25, 0.3) is 0 Å². The van der Waals surface area contributed by atoms with Gasteiger partial charge < -0.3 is 0 Å². The summed E-state index contributed by atoms with van der Waals surface area (Å²) >= 11 is 0. The van der Waals surface area contributed by atoms with E-state index in [1.165, 1.54) is 5.57 Å². The average molecular weight is 194 g/mol. The lowest BCUT2D eigenvalue weighted by molar-refractivity contribution is -0.113. The first-order valence-electron chi connectivity index (χ1n) is 5.42. The van der Waals surface area contributed by atoms with Crippen LogP contribution in [0.15, 0.2) is 23.8 Å². The predicted octanol–water partition coefficient (Wildman–Crippen LogP) is 4.05. The predicted molar refractivity (Wildman–Crippen MR) is 62.3 cm³/mol. The summed E-state index contributed by atoms with van der Waals surface area (Å²) in [6.45, 7) is 9.67. The van der Waals surface area contributed by atoms with E-state index in [2.05, 4.69) is 19.6 Å². The number of carbonyl (C=O) groups is 1. The Balaban J connectivity index is 4.05. The van der Waals surface area contributed by atoms with Gasteiger partial charge in [0, 0.05) is 0 Å². The summed E-state index contributed by atoms with van der Waals surface area (Å²) in [4.78, 5) is 11.2. The van der Waals surface area contributed by atoms with Crippen LogP contribution in [0.4, 0.5) is 0 Å². The molecule has 0 atom stereocenters. The van der Waals surface area contributed by atoms with E-state index in [1.54, 1.807) is 6.92 Å². The Labute approximate surface area is 87.9 Å². The van der Waals surface area contributed by atoms with Gasteiger partial charge in [0.1, 0.15) is 0 Å². The molecule has 80 valence electrons. The highest BCUT2D eigenvalue weighted by Crippen LogP contribution is 2.11. The van der Waals surface area contributed by atoms with Crippen LogP contribution < -0.4 is 0 Å². The Morgan fingerprint density at radius 3 is 2.36 bits per heavy atom. The maximum absolute atomic E-state index is 11.2. The van der Waals surface area contributed by atoms with Crippen molar-refractivity contribution >= 4 is 5.78 Å². The van der Waals surface area contributed by atoms with Crippen LogP contribution >= 0.6 is 0 Å². The molecule has 0 aliphatic rings. The maximum Gasteiger partial charge on any atom is 0.155 e. The van der Waals surface area contributed by atoms with Crippen LogP contribution in [0.3, 0.4) is 0 Å². The average Bonchev–Trinajstić information content (AvgIpc) is 2.09. The zero-order valence-electron chi connectivity index (χ0n) is 9.73. The van der Waals surface area contributed by atoms with Crippen molar-refractivity contribution in [3.8, 4) is 0 Å². The molecule has 0 saturated carbocycles. The van der Waals surface area contributed by atoms with E-state index in [1.807, 2.05) is 6.92 Å². The van der Waals surface area contributed by atoms with E-state index in [4.69, 9.17) is 0 Å². The number of allylic oxidation sites excluding steroid dienone is 3. The second-order valence-corrected chi connectivity index (χ2v) is 3.88. The van der Waals surface area contributed by atoms with Crippen LogP contribution in [-0.2, 0) is 4.79 Å². The molecule has 0 N–H and O–H groups in total. The Hall–Kier alpha value is -0.850. The standard InChI is InChI=1S/C13H22O/c1-5-6-9-13(12(4)14)10-7-8-11(2)3/h10H,2,5-9H2,1,3-4H3.